The highest BCUT2D eigenvalue weighted by Crippen LogP contribution is 2.24. The number of rotatable bonds is 2. The van der Waals surface area contributed by atoms with E-state index >= 15 is 0 Å². The average Bonchev–Trinajstić information content (AvgIpc) is 2.26. The first-order chi connectivity index (χ1) is 8.08. The van der Waals surface area contributed by atoms with Gasteiger partial charge >= 0.3 is 0 Å². The first kappa shape index (κ1) is 11.4. The monoisotopic (exact) mass is 231 g/mol. The Morgan fingerprint density at radius 1 is 1.24 bits per heavy atom. The van der Waals surface area contributed by atoms with Crippen molar-refractivity contribution in [3.05, 3.63) is 47.4 Å². The molecule has 3 nitrogen and oxygen atoms in total. The molecular weight excluding hydrogens is 217 g/mol. The SMILES string of the molecule is Cc1cc(N)cnc1Nc1c(C)cccc1F. The molecule has 0 aliphatic heterocycles. The summed E-state index contributed by atoms with van der Waals surface area (Å²) in [7, 11) is 0. The Bertz CT molecular complexity index is 532. The standard InChI is InChI=1S/C13H14FN3/c1-8-4-3-5-11(14)12(8)17-13-9(2)6-10(15)7-16-13/h3-7H,15H2,1-2H3,(H,16,17). The molecule has 1 aromatic carbocycles. The molecule has 2 rings (SSSR count). The van der Waals surface area contributed by atoms with Gasteiger partial charge in [-0.3, -0.25) is 0 Å². The maximum atomic E-state index is 13.6. The number of nitrogens with one attached hydrogen (secondary N) is 1. The van der Waals surface area contributed by atoms with Crippen LogP contribution in [0.1, 0.15) is 11.1 Å². The molecule has 0 amide bonds. The first-order valence-electron chi connectivity index (χ1n) is 5.32. The third-order valence-electron chi connectivity index (χ3n) is 2.56. The number of halogens is 1. The lowest BCUT2D eigenvalue weighted by Gasteiger charge is -2.12. The van der Waals surface area contributed by atoms with Crippen LogP contribution < -0.4 is 11.1 Å². The van der Waals surface area contributed by atoms with Crippen molar-refractivity contribution in [2.45, 2.75) is 13.8 Å². The van der Waals surface area contributed by atoms with Gasteiger partial charge in [-0.1, -0.05) is 12.1 Å². The van der Waals surface area contributed by atoms with Gasteiger partial charge in [0.2, 0.25) is 0 Å². The van der Waals surface area contributed by atoms with E-state index in [9.17, 15) is 4.39 Å². The van der Waals surface area contributed by atoms with Gasteiger partial charge in [0.05, 0.1) is 17.6 Å². The van der Waals surface area contributed by atoms with E-state index in [4.69, 9.17) is 5.73 Å². The molecule has 0 aliphatic carbocycles. The van der Waals surface area contributed by atoms with Crippen LogP contribution in [0.25, 0.3) is 0 Å². The molecule has 0 saturated heterocycles. The lowest BCUT2D eigenvalue weighted by Crippen LogP contribution is -2.01. The van der Waals surface area contributed by atoms with Crippen LogP contribution in [0.5, 0.6) is 0 Å². The van der Waals surface area contributed by atoms with Crippen molar-refractivity contribution in [1.29, 1.82) is 0 Å². The predicted molar refractivity (Wildman–Crippen MR) is 67.8 cm³/mol. The van der Waals surface area contributed by atoms with Gasteiger partial charge in [-0.05, 0) is 37.1 Å². The normalized spacial score (nSPS) is 10.3. The molecule has 4 heteroatoms. The zero-order valence-corrected chi connectivity index (χ0v) is 9.79. The quantitative estimate of drug-likeness (QED) is 0.834. The van der Waals surface area contributed by atoms with Crippen LogP contribution in [-0.4, -0.2) is 4.98 Å². The van der Waals surface area contributed by atoms with Gasteiger partial charge in [-0.15, -0.1) is 0 Å². The summed E-state index contributed by atoms with van der Waals surface area (Å²) in [6, 6.07) is 6.74. The molecule has 88 valence electrons. The Hall–Kier alpha value is -2.10. The molecule has 2 aromatic rings. The van der Waals surface area contributed by atoms with E-state index in [0.29, 0.717) is 17.2 Å². The topological polar surface area (TPSA) is 50.9 Å². The number of pyridine rings is 1. The van der Waals surface area contributed by atoms with Gasteiger partial charge in [0, 0.05) is 0 Å². The predicted octanol–water partition coefficient (Wildman–Crippen LogP) is 3.16. The summed E-state index contributed by atoms with van der Waals surface area (Å²) in [4.78, 5) is 4.15. The fourth-order valence-electron chi connectivity index (χ4n) is 1.64. The number of nitrogens with zero attached hydrogens (tertiary/aromatic N) is 1. The Kier molecular flexibility index (Phi) is 2.95. The highest BCUT2D eigenvalue weighted by molar-refractivity contribution is 5.64. The van der Waals surface area contributed by atoms with Gasteiger partial charge in [0.15, 0.2) is 0 Å². The van der Waals surface area contributed by atoms with Gasteiger partial charge < -0.3 is 11.1 Å². The smallest absolute Gasteiger partial charge is 0.146 e. The Balaban J connectivity index is 2.38. The van der Waals surface area contributed by atoms with Crippen molar-refractivity contribution < 1.29 is 4.39 Å². The highest BCUT2D eigenvalue weighted by atomic mass is 19.1. The number of nitrogens with two attached hydrogens (primary N) is 1. The minimum Gasteiger partial charge on any atom is -0.397 e. The van der Waals surface area contributed by atoms with Crippen LogP contribution in [0.3, 0.4) is 0 Å². The third-order valence-corrected chi connectivity index (χ3v) is 2.56. The van der Waals surface area contributed by atoms with E-state index in [1.807, 2.05) is 19.9 Å². The van der Waals surface area contributed by atoms with E-state index in [2.05, 4.69) is 10.3 Å². The highest BCUT2D eigenvalue weighted by Gasteiger charge is 2.07. The summed E-state index contributed by atoms with van der Waals surface area (Å²) in [5, 5.41) is 2.99. The molecule has 0 fully saturated rings. The number of aromatic nitrogens is 1. The number of hydrogen-bond acceptors (Lipinski definition) is 3. The van der Waals surface area contributed by atoms with E-state index < -0.39 is 0 Å². The maximum Gasteiger partial charge on any atom is 0.146 e. The van der Waals surface area contributed by atoms with Crippen molar-refractivity contribution in [3.8, 4) is 0 Å². The molecule has 0 aliphatic rings. The van der Waals surface area contributed by atoms with Crippen LogP contribution >= 0.6 is 0 Å². The molecule has 0 saturated carbocycles. The van der Waals surface area contributed by atoms with Crippen molar-refractivity contribution >= 4 is 17.2 Å². The molecule has 3 N–H and O–H groups in total. The minimum atomic E-state index is -0.289. The van der Waals surface area contributed by atoms with Crippen LogP contribution in [0, 0.1) is 19.7 Å². The summed E-state index contributed by atoms with van der Waals surface area (Å²) in [5.74, 6) is 0.329. The minimum absolute atomic E-state index is 0.289. The number of aryl methyl sites for hydroxylation is 2. The zero-order chi connectivity index (χ0) is 12.4. The van der Waals surface area contributed by atoms with Crippen LogP contribution in [-0.2, 0) is 0 Å². The third kappa shape index (κ3) is 2.36. The van der Waals surface area contributed by atoms with Crippen LogP contribution in [0.2, 0.25) is 0 Å². The van der Waals surface area contributed by atoms with Crippen LogP contribution in [0.15, 0.2) is 30.5 Å². The molecule has 0 spiro atoms. The Morgan fingerprint density at radius 3 is 2.65 bits per heavy atom. The number of anilines is 3. The maximum absolute atomic E-state index is 13.6. The Labute approximate surface area is 99.5 Å². The van der Waals surface area contributed by atoms with Crippen LogP contribution in [0.4, 0.5) is 21.6 Å². The molecule has 1 heterocycles. The number of hydrogen-bond donors (Lipinski definition) is 2. The van der Waals surface area contributed by atoms with E-state index in [1.54, 1.807) is 18.3 Å². The first-order valence-corrected chi connectivity index (χ1v) is 5.32. The second kappa shape index (κ2) is 4.41. The number of nitrogen functional groups attached to an aromatic ring is 1. The van der Waals surface area contributed by atoms with E-state index in [1.165, 1.54) is 6.07 Å². The molecule has 0 atom stereocenters. The van der Waals surface area contributed by atoms with E-state index in [-0.39, 0.29) is 5.82 Å². The second-order valence-electron chi connectivity index (χ2n) is 3.99. The molecule has 0 bridgehead atoms. The van der Waals surface area contributed by atoms with Gasteiger partial charge in [-0.2, -0.15) is 0 Å². The lowest BCUT2D eigenvalue weighted by atomic mass is 10.2. The number of benzene rings is 1. The van der Waals surface area contributed by atoms with Gasteiger partial charge in [-0.25, -0.2) is 9.37 Å². The second-order valence-corrected chi connectivity index (χ2v) is 3.99. The fourth-order valence-corrected chi connectivity index (χ4v) is 1.64. The molecule has 1 aromatic heterocycles. The number of para-hydroxylation sites is 1. The summed E-state index contributed by atoms with van der Waals surface area (Å²) in [6.07, 6.45) is 1.55. The zero-order valence-electron chi connectivity index (χ0n) is 9.79. The summed E-state index contributed by atoms with van der Waals surface area (Å²) < 4.78 is 13.6. The summed E-state index contributed by atoms with van der Waals surface area (Å²) >= 11 is 0. The largest absolute Gasteiger partial charge is 0.397 e. The molecule has 0 unspecified atom stereocenters. The van der Waals surface area contributed by atoms with Crippen molar-refractivity contribution in [1.82, 2.24) is 4.98 Å². The van der Waals surface area contributed by atoms with E-state index in [0.717, 1.165) is 11.1 Å². The summed E-state index contributed by atoms with van der Waals surface area (Å²) in [6.45, 7) is 3.72. The molecular formula is C13H14FN3. The molecule has 17 heavy (non-hydrogen) atoms. The average molecular weight is 231 g/mol. The van der Waals surface area contributed by atoms with Crippen molar-refractivity contribution in [3.63, 3.8) is 0 Å². The summed E-state index contributed by atoms with van der Waals surface area (Å²) in [5.41, 5.74) is 8.38. The Morgan fingerprint density at radius 2 is 2.00 bits per heavy atom. The van der Waals surface area contributed by atoms with Crippen molar-refractivity contribution in [2.75, 3.05) is 11.1 Å². The van der Waals surface area contributed by atoms with Gasteiger partial charge in [0.1, 0.15) is 11.6 Å². The molecule has 0 radical (unpaired) electrons. The van der Waals surface area contributed by atoms with Gasteiger partial charge in [0.25, 0.3) is 0 Å². The fraction of sp³-hybridized carbons (Fsp3) is 0.154. The van der Waals surface area contributed by atoms with Crippen molar-refractivity contribution in [2.24, 2.45) is 0 Å². The lowest BCUT2D eigenvalue weighted by molar-refractivity contribution is 0.630.